The number of halogens is 2. The van der Waals surface area contributed by atoms with Gasteiger partial charge in [-0.3, -0.25) is 4.79 Å². The van der Waals surface area contributed by atoms with E-state index < -0.39 is 38.6 Å². The van der Waals surface area contributed by atoms with Gasteiger partial charge >= 0.3 is 5.97 Å². The summed E-state index contributed by atoms with van der Waals surface area (Å²) in [5.74, 6) is -3.82. The van der Waals surface area contributed by atoms with Crippen molar-refractivity contribution in [1.29, 1.82) is 0 Å². The van der Waals surface area contributed by atoms with Gasteiger partial charge in [0.05, 0.1) is 0 Å². The Morgan fingerprint density at radius 1 is 1.16 bits per heavy atom. The maximum atomic E-state index is 14.3. The van der Waals surface area contributed by atoms with E-state index in [1.165, 1.54) is 6.92 Å². The van der Waals surface area contributed by atoms with Crippen LogP contribution in [-0.2, 0) is 27.8 Å². The summed E-state index contributed by atoms with van der Waals surface area (Å²) in [4.78, 5) is 10.5. The first kappa shape index (κ1) is 17.5. The van der Waals surface area contributed by atoms with E-state index in [0.29, 0.717) is 15.4 Å². The zero-order valence-electron chi connectivity index (χ0n) is 13.2. The van der Waals surface area contributed by atoms with Crippen LogP contribution in [0.3, 0.4) is 0 Å². The lowest BCUT2D eigenvalue weighted by Crippen LogP contribution is -2.48. The van der Waals surface area contributed by atoms with Crippen molar-refractivity contribution in [2.75, 3.05) is 0 Å². The highest BCUT2D eigenvalue weighted by atomic mass is 32.2. The molecule has 0 saturated carbocycles. The molecule has 0 spiro atoms. The molecule has 0 radical (unpaired) electrons. The Kier molecular flexibility index (Phi) is 4.34. The molecule has 0 bridgehead atoms. The molecule has 0 aliphatic carbocycles. The number of rotatable bonds is 3. The molecule has 1 aliphatic heterocycles. The van der Waals surface area contributed by atoms with Crippen molar-refractivity contribution < 1.29 is 27.1 Å². The van der Waals surface area contributed by atoms with Crippen LogP contribution in [0.25, 0.3) is 0 Å². The summed E-state index contributed by atoms with van der Waals surface area (Å²) < 4.78 is 54.9. The zero-order valence-corrected chi connectivity index (χ0v) is 14.1. The molecule has 8 heteroatoms. The van der Waals surface area contributed by atoms with Crippen molar-refractivity contribution in [3.8, 4) is 0 Å². The van der Waals surface area contributed by atoms with E-state index in [9.17, 15) is 27.1 Å². The number of nitrogens with zero attached hydrogens (tertiary/aromatic N) is 1. The van der Waals surface area contributed by atoms with Gasteiger partial charge in [0.1, 0.15) is 17.7 Å². The lowest BCUT2D eigenvalue weighted by molar-refractivity contribution is -0.141. The van der Waals surface area contributed by atoms with Crippen LogP contribution in [0.4, 0.5) is 8.78 Å². The van der Waals surface area contributed by atoms with Gasteiger partial charge in [0.15, 0.2) is 4.90 Å². The molecule has 132 valence electrons. The molecule has 0 saturated heterocycles. The summed E-state index contributed by atoms with van der Waals surface area (Å²) in [6, 6.07) is 7.35. The third-order valence-electron chi connectivity index (χ3n) is 4.30. The van der Waals surface area contributed by atoms with E-state index in [2.05, 4.69) is 0 Å². The van der Waals surface area contributed by atoms with Gasteiger partial charge in [-0.2, -0.15) is 4.31 Å². The summed E-state index contributed by atoms with van der Waals surface area (Å²) >= 11 is 0. The fourth-order valence-electron chi connectivity index (χ4n) is 2.95. The number of benzene rings is 2. The zero-order chi connectivity index (χ0) is 18.4. The van der Waals surface area contributed by atoms with E-state index >= 15 is 0 Å². The van der Waals surface area contributed by atoms with Crippen molar-refractivity contribution in [1.82, 2.24) is 4.31 Å². The van der Waals surface area contributed by atoms with Crippen molar-refractivity contribution >= 4 is 16.0 Å². The summed E-state index contributed by atoms with van der Waals surface area (Å²) in [6.07, 6.45) is -0.0697. The SMILES string of the molecule is Cc1ccc(F)c(S(=O)(=O)N2Cc3ccccc3C[C@H]2C(=O)O)c1F. The fraction of sp³-hybridized carbons (Fsp3) is 0.235. The van der Waals surface area contributed by atoms with Crippen LogP contribution in [0.5, 0.6) is 0 Å². The second kappa shape index (κ2) is 6.20. The first-order chi connectivity index (χ1) is 11.7. The Balaban J connectivity index is 2.16. The van der Waals surface area contributed by atoms with E-state index in [-0.39, 0.29) is 18.5 Å². The van der Waals surface area contributed by atoms with E-state index in [4.69, 9.17) is 0 Å². The van der Waals surface area contributed by atoms with Gasteiger partial charge in [-0.15, -0.1) is 0 Å². The number of carbonyl (C=O) groups is 1. The van der Waals surface area contributed by atoms with Crippen LogP contribution in [0.1, 0.15) is 16.7 Å². The van der Waals surface area contributed by atoms with E-state index in [1.807, 2.05) is 0 Å². The molecular formula is C17H15F2NO4S. The number of hydrogen-bond donors (Lipinski definition) is 1. The average molecular weight is 367 g/mol. The standard InChI is InChI=1S/C17H15F2NO4S/c1-10-6-7-13(18)16(15(10)19)25(23,24)20-9-12-5-3-2-4-11(12)8-14(20)17(21)22/h2-7,14H,8-9H2,1H3,(H,21,22)/t14-/m0/s1. The molecule has 0 fully saturated rings. The maximum Gasteiger partial charge on any atom is 0.322 e. The number of carboxylic acids is 1. The van der Waals surface area contributed by atoms with Crippen LogP contribution in [0, 0.1) is 18.6 Å². The monoisotopic (exact) mass is 367 g/mol. The molecule has 0 unspecified atom stereocenters. The minimum Gasteiger partial charge on any atom is -0.480 e. The number of sulfonamides is 1. The molecule has 2 aromatic rings. The molecule has 1 aliphatic rings. The van der Waals surface area contributed by atoms with Gasteiger partial charge in [0.2, 0.25) is 10.0 Å². The number of aliphatic carboxylic acids is 1. The van der Waals surface area contributed by atoms with Gasteiger partial charge < -0.3 is 5.11 Å². The predicted octanol–water partition coefficient (Wildman–Crippen LogP) is 2.47. The summed E-state index contributed by atoms with van der Waals surface area (Å²) in [7, 11) is -4.68. The van der Waals surface area contributed by atoms with Crippen LogP contribution in [-0.4, -0.2) is 29.8 Å². The average Bonchev–Trinajstić information content (AvgIpc) is 2.57. The largest absolute Gasteiger partial charge is 0.480 e. The molecule has 1 N–H and O–H groups in total. The van der Waals surface area contributed by atoms with Crippen molar-refractivity contribution in [2.24, 2.45) is 0 Å². The Hall–Kier alpha value is -2.32. The molecule has 2 aromatic carbocycles. The van der Waals surface area contributed by atoms with Gasteiger partial charge in [0.25, 0.3) is 0 Å². The quantitative estimate of drug-likeness (QED) is 0.904. The summed E-state index contributed by atoms with van der Waals surface area (Å²) in [5, 5.41) is 9.44. The third kappa shape index (κ3) is 2.91. The van der Waals surface area contributed by atoms with Crippen molar-refractivity contribution in [2.45, 2.75) is 30.8 Å². The van der Waals surface area contributed by atoms with Crippen molar-refractivity contribution in [3.05, 3.63) is 64.7 Å². The Morgan fingerprint density at radius 2 is 1.80 bits per heavy atom. The number of aryl methyl sites for hydroxylation is 1. The van der Waals surface area contributed by atoms with Crippen LogP contribution >= 0.6 is 0 Å². The van der Waals surface area contributed by atoms with Gasteiger partial charge in [-0.1, -0.05) is 30.3 Å². The molecule has 5 nitrogen and oxygen atoms in total. The smallest absolute Gasteiger partial charge is 0.322 e. The topological polar surface area (TPSA) is 74.7 Å². The predicted molar refractivity (Wildman–Crippen MR) is 85.4 cm³/mol. The molecule has 1 heterocycles. The minimum atomic E-state index is -4.68. The van der Waals surface area contributed by atoms with Crippen LogP contribution in [0.15, 0.2) is 41.3 Å². The molecule has 3 rings (SSSR count). The molecular weight excluding hydrogens is 352 g/mol. The van der Waals surface area contributed by atoms with Gasteiger partial charge in [-0.25, -0.2) is 17.2 Å². The first-order valence-electron chi connectivity index (χ1n) is 7.49. The summed E-state index contributed by atoms with van der Waals surface area (Å²) in [5.41, 5.74) is 1.27. The highest BCUT2D eigenvalue weighted by Crippen LogP contribution is 2.32. The van der Waals surface area contributed by atoms with Crippen LogP contribution < -0.4 is 0 Å². The Morgan fingerprint density at radius 3 is 2.44 bits per heavy atom. The second-order valence-electron chi connectivity index (χ2n) is 5.88. The fourth-order valence-corrected chi connectivity index (χ4v) is 4.69. The first-order valence-corrected chi connectivity index (χ1v) is 8.93. The molecule has 25 heavy (non-hydrogen) atoms. The molecule has 1 atom stereocenters. The second-order valence-corrected chi connectivity index (χ2v) is 7.71. The minimum absolute atomic E-state index is 0.0377. The summed E-state index contributed by atoms with van der Waals surface area (Å²) in [6.45, 7) is 1.05. The number of hydrogen-bond acceptors (Lipinski definition) is 3. The maximum absolute atomic E-state index is 14.3. The Bertz CT molecular complexity index is 959. The van der Waals surface area contributed by atoms with Gasteiger partial charge in [0, 0.05) is 13.0 Å². The number of fused-ring (bicyclic) bond motifs is 1. The van der Waals surface area contributed by atoms with E-state index in [1.54, 1.807) is 24.3 Å². The molecule has 0 aromatic heterocycles. The van der Waals surface area contributed by atoms with Crippen molar-refractivity contribution in [3.63, 3.8) is 0 Å². The highest BCUT2D eigenvalue weighted by Gasteiger charge is 2.42. The normalized spacial score (nSPS) is 18.0. The third-order valence-corrected chi connectivity index (χ3v) is 6.19. The molecule has 0 amide bonds. The lowest BCUT2D eigenvalue weighted by Gasteiger charge is -2.33. The van der Waals surface area contributed by atoms with Gasteiger partial charge in [-0.05, 0) is 29.7 Å². The Labute approximate surface area is 143 Å². The van der Waals surface area contributed by atoms with E-state index in [0.717, 1.165) is 12.1 Å². The number of carboxylic acid groups (broad SMARTS) is 1. The van der Waals surface area contributed by atoms with Crippen LogP contribution in [0.2, 0.25) is 0 Å². The lowest BCUT2D eigenvalue weighted by atomic mass is 9.96. The highest BCUT2D eigenvalue weighted by molar-refractivity contribution is 7.89.